The molecule has 4 aromatic carbocycles. The lowest BCUT2D eigenvalue weighted by Crippen LogP contribution is -2.30. The molecule has 0 unspecified atom stereocenters. The Kier molecular flexibility index (Phi) is 8.74. The van der Waals surface area contributed by atoms with Crippen molar-refractivity contribution in [2.24, 2.45) is 0 Å². The Morgan fingerprint density at radius 2 is 1.02 bits per heavy atom. The van der Waals surface area contributed by atoms with Crippen molar-refractivity contribution >= 4 is 68.0 Å². The van der Waals surface area contributed by atoms with Gasteiger partial charge in [0.05, 0.1) is 34.3 Å². The number of fused-ring (bicyclic) bond motifs is 2. The number of carbonyl (C=O) groups excluding carboxylic acids is 2. The molecule has 2 N–H and O–H groups in total. The van der Waals surface area contributed by atoms with Crippen LogP contribution in [0.3, 0.4) is 0 Å². The van der Waals surface area contributed by atoms with E-state index in [-0.39, 0.29) is 58.3 Å². The van der Waals surface area contributed by atoms with Gasteiger partial charge < -0.3 is 20.4 Å². The van der Waals surface area contributed by atoms with Gasteiger partial charge >= 0.3 is 11.4 Å². The van der Waals surface area contributed by atoms with Gasteiger partial charge in [0.25, 0.3) is 0 Å². The van der Waals surface area contributed by atoms with Gasteiger partial charge in [-0.25, -0.2) is 9.26 Å². The number of likely N-dealkylation sites (N-methyl/N-ethyl adjacent to an activating group) is 2. The third kappa shape index (κ3) is 6.44. The normalized spacial score (nSPS) is 11.0. The van der Waals surface area contributed by atoms with Gasteiger partial charge in [0.1, 0.15) is 0 Å². The second-order valence-corrected chi connectivity index (χ2v) is 11.5. The molecular formula is C32H28N10O8. The molecule has 0 aliphatic carbocycles. The number of aryl methyl sites for hydroxylation is 2. The number of non-ortho nitro benzene ring substituents is 2. The van der Waals surface area contributed by atoms with Gasteiger partial charge in [0, 0.05) is 37.6 Å². The van der Waals surface area contributed by atoms with Gasteiger partial charge in [-0.05, 0) is 93.1 Å². The molecule has 0 saturated heterocycles. The summed E-state index contributed by atoms with van der Waals surface area (Å²) >= 11 is 0. The number of rotatable bonds is 11. The van der Waals surface area contributed by atoms with Crippen LogP contribution in [0, 0.1) is 34.1 Å². The summed E-state index contributed by atoms with van der Waals surface area (Å²) in [5.74, 6) is -0.632. The van der Waals surface area contributed by atoms with Gasteiger partial charge in [-0.1, -0.05) is 12.1 Å². The fourth-order valence-electron chi connectivity index (χ4n) is 5.54. The number of benzene rings is 4. The largest absolute Gasteiger partial charge is 0.363 e. The number of amides is 2. The summed E-state index contributed by atoms with van der Waals surface area (Å²) in [7, 11) is 3.31. The molecule has 0 aliphatic heterocycles. The number of nitro benzene ring substituents is 2. The average Bonchev–Trinajstić information content (AvgIpc) is 3.76. The smallest absolute Gasteiger partial charge is 0.300 e. The third-order valence-electron chi connectivity index (χ3n) is 8.06. The summed E-state index contributed by atoms with van der Waals surface area (Å²) in [6, 6.07) is 16.8. The SMILES string of the molecule is Cc1cc(-c2ccc(NC(=O)CN(C)c3ccc([N+](=O)[O-])c4nonc34)c(C)c2)ccc1NC(=O)CN(C)c1ccc([N+](=O)[O-])c2nonc12. The predicted molar refractivity (Wildman–Crippen MR) is 182 cm³/mol. The van der Waals surface area contributed by atoms with Crippen LogP contribution < -0.4 is 20.4 Å². The Bertz CT molecular complexity index is 2160. The van der Waals surface area contributed by atoms with Crippen molar-refractivity contribution in [2.45, 2.75) is 13.8 Å². The van der Waals surface area contributed by atoms with E-state index in [4.69, 9.17) is 9.26 Å². The minimum Gasteiger partial charge on any atom is -0.363 e. The molecule has 18 nitrogen and oxygen atoms in total. The van der Waals surface area contributed by atoms with E-state index in [0.717, 1.165) is 22.3 Å². The summed E-state index contributed by atoms with van der Waals surface area (Å²) in [6.07, 6.45) is 0. The van der Waals surface area contributed by atoms with Gasteiger partial charge in [0.15, 0.2) is 11.0 Å². The van der Waals surface area contributed by atoms with Crippen LogP contribution >= 0.6 is 0 Å². The zero-order valence-corrected chi connectivity index (χ0v) is 27.0. The Hall–Kier alpha value is -6.98. The first-order chi connectivity index (χ1) is 23.9. The molecule has 0 atom stereocenters. The Balaban J connectivity index is 1.08. The highest BCUT2D eigenvalue weighted by molar-refractivity contribution is 6.00. The second kappa shape index (κ2) is 13.3. The molecule has 0 spiro atoms. The first-order valence-corrected chi connectivity index (χ1v) is 14.9. The second-order valence-electron chi connectivity index (χ2n) is 11.5. The first kappa shape index (κ1) is 32.9. The van der Waals surface area contributed by atoms with Gasteiger partial charge in [-0.2, -0.15) is 0 Å². The summed E-state index contributed by atoms with van der Waals surface area (Å²) in [5, 5.41) is 43.2. The molecule has 0 radical (unpaired) electrons. The van der Waals surface area contributed by atoms with Crippen molar-refractivity contribution < 1.29 is 28.7 Å². The lowest BCUT2D eigenvalue weighted by molar-refractivity contribution is -0.383. The van der Waals surface area contributed by atoms with Gasteiger partial charge in [-0.3, -0.25) is 29.8 Å². The molecule has 2 aromatic heterocycles. The van der Waals surface area contributed by atoms with Crippen LogP contribution in [-0.2, 0) is 9.59 Å². The van der Waals surface area contributed by atoms with E-state index in [1.54, 1.807) is 36.0 Å². The maximum atomic E-state index is 13.0. The quantitative estimate of drug-likeness (QED) is 0.135. The van der Waals surface area contributed by atoms with Crippen LogP contribution in [0.5, 0.6) is 0 Å². The first-order valence-electron chi connectivity index (χ1n) is 14.9. The van der Waals surface area contributed by atoms with Crippen LogP contribution in [0.2, 0.25) is 0 Å². The molecule has 0 bridgehead atoms. The molecule has 0 fully saturated rings. The highest BCUT2D eigenvalue weighted by Gasteiger charge is 2.24. The van der Waals surface area contributed by atoms with Gasteiger partial charge in [0.2, 0.25) is 22.8 Å². The fourth-order valence-corrected chi connectivity index (χ4v) is 5.54. The van der Waals surface area contributed by atoms with Crippen LogP contribution in [0.1, 0.15) is 11.1 Å². The van der Waals surface area contributed by atoms with Crippen molar-refractivity contribution in [1.82, 2.24) is 20.6 Å². The summed E-state index contributed by atoms with van der Waals surface area (Å²) in [4.78, 5) is 50.5. The van der Waals surface area contributed by atoms with Crippen molar-refractivity contribution in [3.8, 4) is 11.1 Å². The maximum absolute atomic E-state index is 13.0. The third-order valence-corrected chi connectivity index (χ3v) is 8.06. The lowest BCUT2D eigenvalue weighted by atomic mass is 10.00. The number of nitro groups is 2. The average molecular weight is 681 g/mol. The van der Waals surface area contributed by atoms with E-state index in [0.29, 0.717) is 22.7 Å². The number of hydrogen-bond acceptors (Lipinski definition) is 14. The molecule has 6 rings (SSSR count). The standard InChI is InChI=1S/C32H28N10O8/c1-17-13-19(5-7-21(17)33-27(43)15-39(3)23-9-11-25(41(45)46)31-29(23)35-49-37-31)20-6-8-22(18(2)14-20)34-28(44)16-40(4)24-10-12-26(42(47)48)32-30(24)36-50-38-32/h5-14H,15-16H2,1-4H3,(H,33,43)(H,34,44). The van der Waals surface area contributed by atoms with Crippen molar-refractivity contribution in [3.05, 3.63) is 92.0 Å². The highest BCUT2D eigenvalue weighted by atomic mass is 16.6. The molecule has 6 aromatic rings. The zero-order valence-electron chi connectivity index (χ0n) is 27.0. The van der Waals surface area contributed by atoms with E-state index in [1.165, 1.54) is 24.3 Å². The summed E-state index contributed by atoms with van der Waals surface area (Å²) < 4.78 is 9.43. The van der Waals surface area contributed by atoms with Crippen LogP contribution in [0.15, 0.2) is 69.9 Å². The van der Waals surface area contributed by atoms with Crippen LogP contribution in [0.4, 0.5) is 34.1 Å². The minimum absolute atomic E-state index is 0.00347. The van der Waals surface area contributed by atoms with Gasteiger partial charge in [-0.15, -0.1) is 0 Å². The molecule has 0 saturated carbocycles. The van der Waals surface area contributed by atoms with E-state index >= 15 is 0 Å². The number of aromatic nitrogens is 4. The Morgan fingerprint density at radius 1 is 0.640 bits per heavy atom. The van der Waals surface area contributed by atoms with Crippen molar-refractivity contribution in [3.63, 3.8) is 0 Å². The van der Waals surface area contributed by atoms with Crippen molar-refractivity contribution in [1.29, 1.82) is 0 Å². The molecule has 2 amide bonds. The Labute approximate surface area is 281 Å². The van der Waals surface area contributed by atoms with Crippen LogP contribution in [-0.4, -0.2) is 69.5 Å². The number of anilines is 4. The number of nitrogens with one attached hydrogen (secondary N) is 2. The van der Waals surface area contributed by atoms with E-state index in [1.807, 2.05) is 38.1 Å². The summed E-state index contributed by atoms with van der Waals surface area (Å²) in [5.41, 5.74) is 5.41. The van der Waals surface area contributed by atoms with E-state index < -0.39 is 9.85 Å². The Morgan fingerprint density at radius 3 is 1.38 bits per heavy atom. The molecule has 254 valence electrons. The monoisotopic (exact) mass is 680 g/mol. The topological polar surface area (TPSA) is 229 Å². The fraction of sp³-hybridized carbons (Fsp3) is 0.188. The van der Waals surface area contributed by atoms with Crippen molar-refractivity contribution in [2.75, 3.05) is 47.6 Å². The molecule has 2 heterocycles. The molecule has 18 heteroatoms. The number of carbonyl (C=O) groups is 2. The van der Waals surface area contributed by atoms with Crippen LogP contribution in [0.25, 0.3) is 33.2 Å². The lowest BCUT2D eigenvalue weighted by Gasteiger charge is -2.19. The highest BCUT2D eigenvalue weighted by Crippen LogP contribution is 2.33. The molecular weight excluding hydrogens is 652 g/mol. The zero-order chi connectivity index (χ0) is 35.7. The summed E-state index contributed by atoms with van der Waals surface area (Å²) in [6.45, 7) is 3.60. The molecule has 50 heavy (non-hydrogen) atoms. The van der Waals surface area contributed by atoms with E-state index in [2.05, 4.69) is 31.3 Å². The van der Waals surface area contributed by atoms with E-state index in [9.17, 15) is 29.8 Å². The number of hydrogen-bond donors (Lipinski definition) is 2. The predicted octanol–water partition coefficient (Wildman–Crippen LogP) is 5.01. The molecule has 0 aliphatic rings. The minimum atomic E-state index is -0.577. The maximum Gasteiger partial charge on any atom is 0.300 e. The number of nitrogens with zero attached hydrogens (tertiary/aromatic N) is 8.